The van der Waals surface area contributed by atoms with E-state index in [9.17, 15) is 43.3 Å². The highest BCUT2D eigenvalue weighted by molar-refractivity contribution is 7.80. The summed E-state index contributed by atoms with van der Waals surface area (Å²) in [5.41, 5.74) is 0. The quantitative estimate of drug-likeness (QED) is 0.0172. The van der Waals surface area contributed by atoms with Crippen molar-refractivity contribution in [1.29, 1.82) is 0 Å². The molecule has 13 nitrogen and oxygen atoms in total. The summed E-state index contributed by atoms with van der Waals surface area (Å²) in [5.74, 6) is -0.669. The van der Waals surface area contributed by atoms with Crippen LogP contribution in [0.3, 0.4) is 0 Å². The van der Waals surface area contributed by atoms with Crippen molar-refractivity contribution < 1.29 is 57.0 Å². The summed E-state index contributed by atoms with van der Waals surface area (Å²) in [5, 5.41) is 55.7. The number of carbonyl (C=O) groups is 1. The first-order valence-corrected chi connectivity index (χ1v) is 30.0. The lowest BCUT2D eigenvalue weighted by atomic mass is 9.99. The second-order valence-corrected chi connectivity index (χ2v) is 21.4. The highest BCUT2D eigenvalue weighted by Gasteiger charge is 2.48. The van der Waals surface area contributed by atoms with Crippen LogP contribution >= 0.6 is 0 Å². The van der Waals surface area contributed by atoms with Crippen LogP contribution in [0.2, 0.25) is 0 Å². The summed E-state index contributed by atoms with van der Waals surface area (Å²) in [4.78, 5) is 13.2. The monoisotopic (exact) mass is 1010 g/mol. The van der Waals surface area contributed by atoms with Gasteiger partial charge in [0.15, 0.2) is 6.29 Å². The van der Waals surface area contributed by atoms with Gasteiger partial charge in [-0.2, -0.15) is 8.42 Å². The van der Waals surface area contributed by atoms with Crippen molar-refractivity contribution in [3.8, 4) is 0 Å². The molecule has 0 spiro atoms. The lowest BCUT2D eigenvalue weighted by Gasteiger charge is -2.41. The number of ether oxygens (including phenoxy) is 2. The summed E-state index contributed by atoms with van der Waals surface area (Å²) >= 11 is 0. The van der Waals surface area contributed by atoms with E-state index >= 15 is 0 Å². The molecule has 69 heavy (non-hydrogen) atoms. The van der Waals surface area contributed by atoms with Gasteiger partial charge in [-0.3, -0.25) is 9.35 Å². The smallest absolute Gasteiger partial charge is 0.394 e. The third kappa shape index (κ3) is 37.2. The predicted molar refractivity (Wildman–Crippen MR) is 279 cm³/mol. The number of aliphatic hydroxyl groups is 5. The number of nitrogens with one attached hydrogen (secondary N) is 1. The first-order valence-electron chi connectivity index (χ1n) is 28.7. The second-order valence-electron chi connectivity index (χ2n) is 20.4. The van der Waals surface area contributed by atoms with Crippen LogP contribution in [0.15, 0.2) is 12.2 Å². The largest absolute Gasteiger partial charge is 0.397 e. The Morgan fingerprint density at radius 3 is 1.30 bits per heavy atom. The average molecular weight is 1010 g/mol. The molecular formula is C55H107NO12S. The maximum Gasteiger partial charge on any atom is 0.397 e. The molecule has 1 rings (SSSR count). The molecule has 0 aromatic carbocycles. The van der Waals surface area contributed by atoms with Gasteiger partial charge in [-0.25, -0.2) is 4.18 Å². The van der Waals surface area contributed by atoms with Gasteiger partial charge in [0.1, 0.15) is 30.5 Å². The lowest BCUT2D eigenvalue weighted by Crippen LogP contribution is -2.61. The molecule has 8 unspecified atom stereocenters. The highest BCUT2D eigenvalue weighted by atomic mass is 32.3. The summed E-state index contributed by atoms with van der Waals surface area (Å²) in [7, 11) is -5.11. The van der Waals surface area contributed by atoms with Crippen molar-refractivity contribution >= 4 is 16.3 Å². The molecule has 1 fully saturated rings. The number of hydrogen-bond donors (Lipinski definition) is 7. The zero-order valence-electron chi connectivity index (χ0n) is 44.0. The van der Waals surface area contributed by atoms with Crippen LogP contribution in [0.5, 0.6) is 0 Å². The minimum atomic E-state index is -5.11. The van der Waals surface area contributed by atoms with Gasteiger partial charge in [-0.1, -0.05) is 244 Å². The van der Waals surface area contributed by atoms with Crippen molar-refractivity contribution in [2.45, 2.75) is 320 Å². The van der Waals surface area contributed by atoms with Gasteiger partial charge in [0.2, 0.25) is 5.91 Å². The van der Waals surface area contributed by atoms with Crippen LogP contribution in [0, 0.1) is 0 Å². The molecule has 14 heteroatoms. The van der Waals surface area contributed by atoms with Crippen molar-refractivity contribution in [2.24, 2.45) is 0 Å². The van der Waals surface area contributed by atoms with Crippen LogP contribution < -0.4 is 5.32 Å². The Labute approximate surface area is 422 Å². The number of hydrogen-bond acceptors (Lipinski definition) is 11. The van der Waals surface area contributed by atoms with E-state index in [1.165, 1.54) is 173 Å². The maximum atomic E-state index is 13.2. The Kier molecular flexibility index (Phi) is 43.3. The van der Waals surface area contributed by atoms with Gasteiger partial charge in [-0.05, 0) is 38.5 Å². The van der Waals surface area contributed by atoms with Crippen LogP contribution in [-0.2, 0) is 28.9 Å². The van der Waals surface area contributed by atoms with Crippen molar-refractivity contribution in [1.82, 2.24) is 5.32 Å². The fourth-order valence-electron chi connectivity index (χ4n) is 9.40. The Balaban J connectivity index is 2.43. The summed E-state index contributed by atoms with van der Waals surface area (Å²) in [6, 6.07) is -1.03. The SMILES string of the molecule is CCCCCCCCCCCC/C=C\CCCCCCCCC(O)C(=O)NC(COC1OC(CO)C(O)C(OS(=O)(=O)O)C1O)C(O)CCCCCCCCCCCCCCCCCCCCCC. The Morgan fingerprint density at radius 1 is 0.565 bits per heavy atom. The van der Waals surface area contributed by atoms with Gasteiger partial charge in [0, 0.05) is 0 Å². The predicted octanol–water partition coefficient (Wildman–Crippen LogP) is 12.0. The number of allylic oxidation sites excluding steroid dienone is 2. The Hall–Kier alpha value is -1.20. The van der Waals surface area contributed by atoms with E-state index in [1.54, 1.807) is 0 Å². The zero-order valence-corrected chi connectivity index (χ0v) is 44.8. The molecule has 1 saturated heterocycles. The molecule has 1 heterocycles. The van der Waals surface area contributed by atoms with E-state index in [1.807, 2.05) is 0 Å². The molecule has 0 aromatic heterocycles. The summed E-state index contributed by atoms with van der Waals surface area (Å²) in [6.07, 6.45) is 41.0. The Bertz CT molecular complexity index is 1290. The topological polar surface area (TPSA) is 212 Å². The van der Waals surface area contributed by atoms with E-state index in [4.69, 9.17) is 9.47 Å². The van der Waals surface area contributed by atoms with Crippen molar-refractivity contribution in [3.05, 3.63) is 12.2 Å². The van der Waals surface area contributed by atoms with Crippen LogP contribution in [0.4, 0.5) is 0 Å². The third-order valence-corrected chi connectivity index (χ3v) is 14.4. The summed E-state index contributed by atoms with van der Waals surface area (Å²) in [6.45, 7) is 3.33. The summed E-state index contributed by atoms with van der Waals surface area (Å²) < 4.78 is 47.8. The molecule has 0 aliphatic carbocycles. The molecular weight excluding hydrogens is 899 g/mol. The van der Waals surface area contributed by atoms with E-state index in [0.717, 1.165) is 57.8 Å². The first kappa shape index (κ1) is 65.8. The van der Waals surface area contributed by atoms with Gasteiger partial charge in [0.05, 0.1) is 25.4 Å². The number of carbonyl (C=O) groups excluding carboxylic acids is 1. The van der Waals surface area contributed by atoms with E-state index < -0.39 is 78.5 Å². The fourth-order valence-corrected chi connectivity index (χ4v) is 9.91. The molecule has 0 aromatic rings. The van der Waals surface area contributed by atoms with Crippen molar-refractivity contribution in [3.63, 3.8) is 0 Å². The van der Waals surface area contributed by atoms with Gasteiger partial charge >= 0.3 is 10.4 Å². The normalized spacial score (nSPS) is 20.1. The molecule has 0 radical (unpaired) electrons. The van der Waals surface area contributed by atoms with E-state index in [2.05, 4.69) is 35.5 Å². The van der Waals surface area contributed by atoms with Gasteiger partial charge in [0.25, 0.3) is 0 Å². The number of unbranched alkanes of at least 4 members (excludes halogenated alkanes) is 35. The van der Waals surface area contributed by atoms with Gasteiger partial charge < -0.3 is 40.3 Å². The van der Waals surface area contributed by atoms with E-state index in [0.29, 0.717) is 19.3 Å². The van der Waals surface area contributed by atoms with Gasteiger partial charge in [-0.15, -0.1) is 0 Å². The molecule has 410 valence electrons. The lowest BCUT2D eigenvalue weighted by molar-refractivity contribution is -0.298. The van der Waals surface area contributed by atoms with Crippen LogP contribution in [0.25, 0.3) is 0 Å². The van der Waals surface area contributed by atoms with Crippen LogP contribution in [-0.4, -0.2) is 107 Å². The average Bonchev–Trinajstić information content (AvgIpc) is 3.32. The molecule has 7 N–H and O–H groups in total. The molecule has 1 aliphatic rings. The van der Waals surface area contributed by atoms with Crippen LogP contribution in [0.1, 0.15) is 271 Å². The molecule has 1 aliphatic heterocycles. The van der Waals surface area contributed by atoms with Crippen molar-refractivity contribution in [2.75, 3.05) is 13.2 Å². The third-order valence-electron chi connectivity index (χ3n) is 13.9. The fraction of sp³-hybridized carbons (Fsp3) is 0.945. The molecule has 8 atom stereocenters. The minimum Gasteiger partial charge on any atom is -0.394 e. The number of rotatable bonds is 50. The second kappa shape index (κ2) is 45.4. The molecule has 0 bridgehead atoms. The maximum absolute atomic E-state index is 13.2. The number of amides is 1. The van der Waals surface area contributed by atoms with E-state index in [-0.39, 0.29) is 6.42 Å². The Morgan fingerprint density at radius 2 is 0.928 bits per heavy atom. The standard InChI is InChI=1S/C55H107NO12S/c1-3-5-7-9-11-13-15-17-19-21-23-25-27-29-31-33-35-37-39-41-43-48(58)47(46-66-55-52(61)53(68-69(63,64)65)51(60)50(45-57)67-55)56-54(62)49(59)44-42-40-38-36-34-32-30-28-26-24-22-20-18-16-14-12-10-8-6-4-2/h26,28,47-53,55,57-61H,3-25,27,29-46H2,1-2H3,(H,56,62)(H,63,64,65)/b28-26-. The zero-order chi connectivity index (χ0) is 50.6. The molecule has 0 saturated carbocycles. The minimum absolute atomic E-state index is 0.256. The highest BCUT2D eigenvalue weighted by Crippen LogP contribution is 2.26. The number of aliphatic hydroxyl groups excluding tert-OH is 5. The first-order chi connectivity index (χ1) is 33.4. The molecule has 1 amide bonds.